The molecule has 2 heterocycles. The lowest BCUT2D eigenvalue weighted by atomic mass is 10.3. The molecule has 0 atom stereocenters. The van der Waals surface area contributed by atoms with Gasteiger partial charge in [-0.15, -0.1) is 11.3 Å². The molecule has 0 saturated heterocycles. The van der Waals surface area contributed by atoms with Crippen molar-refractivity contribution < 1.29 is 0 Å². The lowest BCUT2D eigenvalue weighted by Gasteiger charge is -2.03. The first-order valence-electron chi connectivity index (χ1n) is 5.49. The van der Waals surface area contributed by atoms with E-state index in [1.54, 1.807) is 29.7 Å². The average Bonchev–Trinajstić information content (AvgIpc) is 2.84. The van der Waals surface area contributed by atoms with Crippen LogP contribution < -0.4 is 5.32 Å². The maximum Gasteiger partial charge on any atom is 0.127 e. The molecule has 0 spiro atoms. The Balaban J connectivity index is 1.99. The molecule has 0 aromatic carbocycles. The minimum atomic E-state index is 0.628. The number of aryl methyl sites for hydroxylation is 1. The molecule has 0 radical (unpaired) electrons. The number of pyridine rings is 1. The predicted molar refractivity (Wildman–Crippen MR) is 70.0 cm³/mol. The molecule has 3 nitrogen and oxygen atoms in total. The molecule has 0 unspecified atom stereocenters. The Morgan fingerprint density at radius 3 is 2.88 bits per heavy atom. The summed E-state index contributed by atoms with van der Waals surface area (Å²) in [6.07, 6.45) is 2.72. The van der Waals surface area contributed by atoms with Crippen molar-refractivity contribution in [1.82, 2.24) is 4.98 Å². The van der Waals surface area contributed by atoms with E-state index in [1.807, 2.05) is 0 Å². The van der Waals surface area contributed by atoms with Gasteiger partial charge in [0.05, 0.1) is 18.2 Å². The Bertz CT molecular complexity index is 540. The second-order valence-corrected chi connectivity index (χ2v) is 4.87. The second-order valence-electron chi connectivity index (χ2n) is 3.62. The number of thiophene rings is 1. The van der Waals surface area contributed by atoms with Crippen molar-refractivity contribution in [2.45, 2.75) is 19.9 Å². The summed E-state index contributed by atoms with van der Waals surface area (Å²) in [5.41, 5.74) is 0.628. The fourth-order valence-electron chi connectivity index (χ4n) is 1.48. The number of anilines is 1. The van der Waals surface area contributed by atoms with Gasteiger partial charge in [0.25, 0.3) is 0 Å². The molecule has 0 aliphatic rings. The van der Waals surface area contributed by atoms with Gasteiger partial charge in [-0.1, -0.05) is 6.92 Å². The zero-order valence-electron chi connectivity index (χ0n) is 9.60. The van der Waals surface area contributed by atoms with Gasteiger partial charge >= 0.3 is 0 Å². The fraction of sp³-hybridized carbons (Fsp3) is 0.231. The molecule has 0 fully saturated rings. The number of rotatable bonds is 4. The van der Waals surface area contributed by atoms with Crippen molar-refractivity contribution >= 4 is 17.2 Å². The van der Waals surface area contributed by atoms with Crippen LogP contribution in [0.4, 0.5) is 5.82 Å². The first-order chi connectivity index (χ1) is 8.31. The minimum absolute atomic E-state index is 0.628. The van der Waals surface area contributed by atoms with Gasteiger partial charge in [-0.25, -0.2) is 4.98 Å². The van der Waals surface area contributed by atoms with Gasteiger partial charge in [0.1, 0.15) is 5.82 Å². The van der Waals surface area contributed by atoms with Gasteiger partial charge in [-0.05, 0) is 30.7 Å². The van der Waals surface area contributed by atoms with Crippen molar-refractivity contribution in [3.8, 4) is 6.07 Å². The fourth-order valence-corrected chi connectivity index (χ4v) is 2.38. The van der Waals surface area contributed by atoms with Crippen molar-refractivity contribution in [2.75, 3.05) is 5.32 Å². The Kier molecular flexibility index (Phi) is 3.73. The van der Waals surface area contributed by atoms with Crippen LogP contribution in [-0.4, -0.2) is 4.98 Å². The maximum absolute atomic E-state index is 8.78. The van der Waals surface area contributed by atoms with E-state index < -0.39 is 0 Å². The van der Waals surface area contributed by atoms with Gasteiger partial charge in [-0.2, -0.15) is 5.26 Å². The van der Waals surface area contributed by atoms with Crippen LogP contribution >= 0.6 is 11.3 Å². The summed E-state index contributed by atoms with van der Waals surface area (Å²) in [6.45, 7) is 2.91. The van der Waals surface area contributed by atoms with E-state index in [-0.39, 0.29) is 0 Å². The van der Waals surface area contributed by atoms with Crippen molar-refractivity contribution in [1.29, 1.82) is 5.26 Å². The summed E-state index contributed by atoms with van der Waals surface area (Å²) >= 11 is 1.81. The molecule has 86 valence electrons. The van der Waals surface area contributed by atoms with Crippen LogP contribution in [0.5, 0.6) is 0 Å². The summed E-state index contributed by atoms with van der Waals surface area (Å²) in [5, 5.41) is 12.0. The highest BCUT2D eigenvalue weighted by Gasteiger charge is 2.00. The van der Waals surface area contributed by atoms with Gasteiger partial charge < -0.3 is 5.32 Å². The van der Waals surface area contributed by atoms with Crippen LogP contribution in [0, 0.1) is 11.3 Å². The van der Waals surface area contributed by atoms with Gasteiger partial charge in [0.15, 0.2) is 0 Å². The third-order valence-electron chi connectivity index (χ3n) is 2.40. The van der Waals surface area contributed by atoms with Crippen LogP contribution in [0.25, 0.3) is 0 Å². The van der Waals surface area contributed by atoms with Gasteiger partial charge in [0.2, 0.25) is 0 Å². The zero-order chi connectivity index (χ0) is 12.1. The molecule has 2 aromatic heterocycles. The molecule has 17 heavy (non-hydrogen) atoms. The number of aromatic nitrogens is 1. The van der Waals surface area contributed by atoms with Crippen LogP contribution in [0.3, 0.4) is 0 Å². The molecule has 2 aromatic rings. The van der Waals surface area contributed by atoms with Crippen molar-refractivity contribution in [3.05, 3.63) is 45.8 Å². The lowest BCUT2D eigenvalue weighted by Crippen LogP contribution is -1.99. The molecule has 0 aliphatic heterocycles. The zero-order valence-corrected chi connectivity index (χ0v) is 10.4. The summed E-state index contributed by atoms with van der Waals surface area (Å²) in [6, 6.07) is 9.84. The standard InChI is InChI=1S/C13H13N3S/c1-2-11-3-4-12(17-11)9-16-13-7-10(8-14)5-6-15-13/h3-7H,2,9H2,1H3,(H,15,16). The van der Waals surface area contributed by atoms with Crippen LogP contribution in [-0.2, 0) is 13.0 Å². The lowest BCUT2D eigenvalue weighted by molar-refractivity contribution is 1.14. The van der Waals surface area contributed by atoms with E-state index in [2.05, 4.69) is 35.4 Å². The van der Waals surface area contributed by atoms with Crippen LogP contribution in [0.2, 0.25) is 0 Å². The third-order valence-corrected chi connectivity index (χ3v) is 3.63. The summed E-state index contributed by atoms with van der Waals surface area (Å²) in [7, 11) is 0. The molecular formula is C13H13N3S. The summed E-state index contributed by atoms with van der Waals surface area (Å²) < 4.78 is 0. The van der Waals surface area contributed by atoms with E-state index >= 15 is 0 Å². The third kappa shape index (κ3) is 3.05. The molecule has 0 bridgehead atoms. The molecule has 4 heteroatoms. The molecule has 2 rings (SSSR count). The van der Waals surface area contributed by atoms with Gasteiger partial charge in [-0.3, -0.25) is 0 Å². The number of hydrogen-bond donors (Lipinski definition) is 1. The van der Waals surface area contributed by atoms with Crippen molar-refractivity contribution in [3.63, 3.8) is 0 Å². The van der Waals surface area contributed by atoms with E-state index in [4.69, 9.17) is 5.26 Å². The van der Waals surface area contributed by atoms with Crippen molar-refractivity contribution in [2.24, 2.45) is 0 Å². The topological polar surface area (TPSA) is 48.7 Å². The Labute approximate surface area is 105 Å². The smallest absolute Gasteiger partial charge is 0.127 e. The number of nitrogens with one attached hydrogen (secondary N) is 1. The predicted octanol–water partition coefficient (Wildman–Crippen LogP) is 3.19. The average molecular weight is 243 g/mol. The highest BCUT2D eigenvalue weighted by atomic mass is 32.1. The number of nitriles is 1. The minimum Gasteiger partial charge on any atom is -0.365 e. The van der Waals surface area contributed by atoms with E-state index in [9.17, 15) is 0 Å². The van der Waals surface area contributed by atoms with Crippen LogP contribution in [0.15, 0.2) is 30.5 Å². The Morgan fingerprint density at radius 1 is 1.35 bits per heavy atom. The Morgan fingerprint density at radius 2 is 2.18 bits per heavy atom. The largest absolute Gasteiger partial charge is 0.365 e. The van der Waals surface area contributed by atoms with Gasteiger partial charge in [0, 0.05) is 16.0 Å². The SMILES string of the molecule is CCc1ccc(CNc2cc(C#N)ccn2)s1. The maximum atomic E-state index is 8.78. The monoisotopic (exact) mass is 243 g/mol. The normalized spacial score (nSPS) is 9.88. The van der Waals surface area contributed by atoms with E-state index in [0.29, 0.717) is 5.56 Å². The molecular weight excluding hydrogens is 230 g/mol. The van der Waals surface area contributed by atoms with E-state index in [0.717, 1.165) is 18.8 Å². The molecule has 1 N–H and O–H groups in total. The van der Waals surface area contributed by atoms with E-state index in [1.165, 1.54) is 9.75 Å². The first-order valence-corrected chi connectivity index (χ1v) is 6.31. The Hall–Kier alpha value is -1.86. The summed E-state index contributed by atoms with van der Waals surface area (Å²) in [5.74, 6) is 0.746. The first kappa shape index (κ1) is 11.6. The van der Waals surface area contributed by atoms with Crippen LogP contribution in [0.1, 0.15) is 22.2 Å². The molecule has 0 saturated carbocycles. The molecule has 0 amide bonds. The highest BCUT2D eigenvalue weighted by molar-refractivity contribution is 7.12. The number of nitrogens with zero attached hydrogens (tertiary/aromatic N) is 2. The highest BCUT2D eigenvalue weighted by Crippen LogP contribution is 2.18. The number of hydrogen-bond acceptors (Lipinski definition) is 4. The molecule has 0 aliphatic carbocycles. The summed E-state index contributed by atoms with van der Waals surface area (Å²) in [4.78, 5) is 6.84. The second kappa shape index (κ2) is 5.46. The quantitative estimate of drug-likeness (QED) is 0.897.